The highest BCUT2D eigenvalue weighted by atomic mass is 19.1. The molecule has 1 aromatic carbocycles. The van der Waals surface area contributed by atoms with Crippen molar-refractivity contribution in [3.8, 4) is 0 Å². The molecule has 0 saturated carbocycles. The van der Waals surface area contributed by atoms with Crippen LogP contribution in [0, 0.1) is 5.82 Å². The van der Waals surface area contributed by atoms with Crippen LogP contribution in [0.1, 0.15) is 34.8 Å². The van der Waals surface area contributed by atoms with E-state index in [2.05, 4.69) is 9.88 Å². The maximum Gasteiger partial charge on any atom is 0.303 e. The molecule has 1 aromatic heterocycles. The first-order chi connectivity index (χ1) is 13.0. The predicted octanol–water partition coefficient (Wildman–Crippen LogP) is 2.58. The van der Waals surface area contributed by atoms with Gasteiger partial charge in [-0.3, -0.25) is 19.5 Å². The maximum atomic E-state index is 13.3. The van der Waals surface area contributed by atoms with Crippen molar-refractivity contribution in [2.75, 3.05) is 26.2 Å². The third-order valence-corrected chi connectivity index (χ3v) is 4.84. The highest BCUT2D eigenvalue weighted by molar-refractivity contribution is 5.93. The summed E-state index contributed by atoms with van der Waals surface area (Å²) >= 11 is 0. The minimum atomic E-state index is -0.854. The van der Waals surface area contributed by atoms with Crippen LogP contribution in [0.15, 0.2) is 48.8 Å². The number of piperazine rings is 1. The van der Waals surface area contributed by atoms with Gasteiger partial charge in [0, 0.05) is 51.0 Å². The Bertz CT molecular complexity index is 775. The Labute approximate surface area is 157 Å². The maximum absolute atomic E-state index is 13.3. The molecular formula is C20H22FN3O3. The summed E-state index contributed by atoms with van der Waals surface area (Å²) in [5.41, 5.74) is 1.46. The van der Waals surface area contributed by atoms with E-state index in [0.29, 0.717) is 38.2 Å². The van der Waals surface area contributed by atoms with Gasteiger partial charge in [-0.05, 0) is 36.2 Å². The molecule has 2 heterocycles. The van der Waals surface area contributed by atoms with E-state index < -0.39 is 5.97 Å². The molecule has 1 aliphatic heterocycles. The smallest absolute Gasteiger partial charge is 0.303 e. The summed E-state index contributed by atoms with van der Waals surface area (Å²) in [6.07, 6.45) is 3.67. The van der Waals surface area contributed by atoms with Crippen LogP contribution in [0.4, 0.5) is 4.39 Å². The fourth-order valence-corrected chi connectivity index (χ4v) is 3.41. The molecular weight excluding hydrogens is 349 g/mol. The quantitative estimate of drug-likeness (QED) is 0.845. The first-order valence-corrected chi connectivity index (χ1v) is 8.95. The molecule has 0 unspecified atom stereocenters. The Kier molecular flexibility index (Phi) is 6.13. The molecule has 0 radical (unpaired) electrons. The summed E-state index contributed by atoms with van der Waals surface area (Å²) in [5.74, 6) is -1.22. The van der Waals surface area contributed by atoms with Gasteiger partial charge in [0.25, 0.3) is 5.91 Å². The number of nitrogens with zero attached hydrogens (tertiary/aromatic N) is 3. The van der Waals surface area contributed by atoms with Crippen molar-refractivity contribution in [1.29, 1.82) is 0 Å². The fourth-order valence-electron chi connectivity index (χ4n) is 3.41. The van der Waals surface area contributed by atoms with Crippen molar-refractivity contribution in [2.45, 2.75) is 18.9 Å². The highest BCUT2D eigenvalue weighted by Crippen LogP contribution is 2.27. The van der Waals surface area contributed by atoms with Crippen LogP contribution in [0.5, 0.6) is 0 Å². The zero-order chi connectivity index (χ0) is 19.2. The predicted molar refractivity (Wildman–Crippen MR) is 97.7 cm³/mol. The van der Waals surface area contributed by atoms with Crippen molar-refractivity contribution in [2.24, 2.45) is 0 Å². The molecule has 1 atom stereocenters. The van der Waals surface area contributed by atoms with E-state index in [0.717, 1.165) is 5.56 Å². The van der Waals surface area contributed by atoms with E-state index in [9.17, 15) is 14.0 Å². The van der Waals surface area contributed by atoms with Gasteiger partial charge in [0.15, 0.2) is 0 Å². The standard InChI is InChI=1S/C20H22FN3O3/c21-17-5-3-15(4-6-17)18(7-8-19(25)26)23-10-12-24(13-11-23)20(27)16-2-1-9-22-14-16/h1-6,9,14,18H,7-8,10-13H2,(H,25,26)/t18-/m1/s1. The summed E-state index contributed by atoms with van der Waals surface area (Å²) < 4.78 is 13.3. The minimum Gasteiger partial charge on any atom is -0.481 e. The summed E-state index contributed by atoms with van der Waals surface area (Å²) in [6, 6.07) is 9.56. The first kappa shape index (κ1) is 19.0. The van der Waals surface area contributed by atoms with Crippen molar-refractivity contribution < 1.29 is 19.1 Å². The molecule has 142 valence electrons. The molecule has 1 saturated heterocycles. The SMILES string of the molecule is O=C(O)CC[C@H](c1ccc(F)cc1)N1CCN(C(=O)c2cccnc2)CC1. The third-order valence-electron chi connectivity index (χ3n) is 4.84. The van der Waals surface area contributed by atoms with Crippen LogP contribution in [-0.4, -0.2) is 57.9 Å². The number of rotatable bonds is 6. The van der Waals surface area contributed by atoms with Gasteiger partial charge in [0.2, 0.25) is 0 Å². The molecule has 1 amide bonds. The Hall–Kier alpha value is -2.80. The molecule has 27 heavy (non-hydrogen) atoms. The van der Waals surface area contributed by atoms with Gasteiger partial charge in [-0.1, -0.05) is 12.1 Å². The second-order valence-corrected chi connectivity index (χ2v) is 6.57. The number of pyridine rings is 1. The second kappa shape index (κ2) is 8.73. The van der Waals surface area contributed by atoms with Gasteiger partial charge in [0.1, 0.15) is 5.82 Å². The number of hydrogen-bond acceptors (Lipinski definition) is 4. The largest absolute Gasteiger partial charge is 0.481 e. The summed E-state index contributed by atoms with van der Waals surface area (Å²) in [7, 11) is 0. The van der Waals surface area contributed by atoms with Gasteiger partial charge in [0.05, 0.1) is 5.56 Å². The Morgan fingerprint density at radius 1 is 1.11 bits per heavy atom. The van der Waals surface area contributed by atoms with Crippen LogP contribution >= 0.6 is 0 Å². The Balaban J connectivity index is 1.67. The molecule has 1 aliphatic rings. The molecule has 1 fully saturated rings. The van der Waals surface area contributed by atoms with E-state index in [1.807, 2.05) is 0 Å². The zero-order valence-electron chi connectivity index (χ0n) is 14.9. The number of carboxylic acids is 1. The lowest BCUT2D eigenvalue weighted by atomic mass is 9.99. The number of carbonyl (C=O) groups is 2. The molecule has 3 rings (SSSR count). The zero-order valence-corrected chi connectivity index (χ0v) is 14.9. The van der Waals surface area contributed by atoms with Crippen molar-refractivity contribution in [3.05, 3.63) is 65.7 Å². The van der Waals surface area contributed by atoms with Gasteiger partial charge >= 0.3 is 5.97 Å². The number of halogens is 1. The monoisotopic (exact) mass is 371 g/mol. The minimum absolute atomic E-state index is 0.0386. The molecule has 6 nitrogen and oxygen atoms in total. The number of aromatic nitrogens is 1. The number of hydrogen-bond donors (Lipinski definition) is 1. The van der Waals surface area contributed by atoms with Gasteiger partial charge in [-0.15, -0.1) is 0 Å². The summed E-state index contributed by atoms with van der Waals surface area (Å²) in [6.45, 7) is 2.37. The van der Waals surface area contributed by atoms with E-state index in [1.165, 1.54) is 12.1 Å². The van der Waals surface area contributed by atoms with Crippen LogP contribution in [0.25, 0.3) is 0 Å². The second-order valence-electron chi connectivity index (χ2n) is 6.57. The van der Waals surface area contributed by atoms with Crippen LogP contribution in [0.3, 0.4) is 0 Å². The van der Waals surface area contributed by atoms with Gasteiger partial charge < -0.3 is 10.0 Å². The van der Waals surface area contributed by atoms with Crippen molar-refractivity contribution >= 4 is 11.9 Å². The lowest BCUT2D eigenvalue weighted by Gasteiger charge is -2.39. The number of amides is 1. The number of carboxylic acid groups (broad SMARTS) is 1. The fraction of sp³-hybridized carbons (Fsp3) is 0.350. The lowest BCUT2D eigenvalue weighted by Crippen LogP contribution is -2.49. The highest BCUT2D eigenvalue weighted by Gasteiger charge is 2.28. The van der Waals surface area contributed by atoms with Crippen molar-refractivity contribution in [1.82, 2.24) is 14.8 Å². The van der Waals surface area contributed by atoms with E-state index in [-0.39, 0.29) is 24.2 Å². The van der Waals surface area contributed by atoms with Gasteiger partial charge in [-0.2, -0.15) is 0 Å². The first-order valence-electron chi connectivity index (χ1n) is 8.95. The lowest BCUT2D eigenvalue weighted by molar-refractivity contribution is -0.137. The Morgan fingerprint density at radius 2 is 1.81 bits per heavy atom. The normalized spacial score (nSPS) is 16.1. The average molecular weight is 371 g/mol. The van der Waals surface area contributed by atoms with E-state index in [4.69, 9.17) is 5.11 Å². The molecule has 1 N–H and O–H groups in total. The Morgan fingerprint density at radius 3 is 2.41 bits per heavy atom. The molecule has 2 aromatic rings. The molecule has 0 aliphatic carbocycles. The van der Waals surface area contributed by atoms with Crippen molar-refractivity contribution in [3.63, 3.8) is 0 Å². The van der Waals surface area contributed by atoms with Crippen LogP contribution < -0.4 is 0 Å². The molecule has 0 spiro atoms. The summed E-state index contributed by atoms with van der Waals surface area (Å²) in [4.78, 5) is 31.5. The molecule has 7 heteroatoms. The number of benzene rings is 1. The van der Waals surface area contributed by atoms with Crippen LogP contribution in [-0.2, 0) is 4.79 Å². The van der Waals surface area contributed by atoms with Gasteiger partial charge in [-0.25, -0.2) is 4.39 Å². The topological polar surface area (TPSA) is 73.7 Å². The average Bonchev–Trinajstić information content (AvgIpc) is 2.70. The third kappa shape index (κ3) is 4.89. The van der Waals surface area contributed by atoms with E-state index >= 15 is 0 Å². The number of aliphatic carboxylic acids is 1. The molecule has 0 bridgehead atoms. The van der Waals surface area contributed by atoms with E-state index in [1.54, 1.807) is 41.6 Å². The number of carbonyl (C=O) groups excluding carboxylic acids is 1. The summed E-state index contributed by atoms with van der Waals surface area (Å²) in [5, 5.41) is 9.06. The van der Waals surface area contributed by atoms with Crippen LogP contribution in [0.2, 0.25) is 0 Å².